The maximum atomic E-state index is 12.2. The van der Waals surface area contributed by atoms with Crippen molar-refractivity contribution in [2.24, 2.45) is 5.92 Å². The zero-order valence-corrected chi connectivity index (χ0v) is 16.6. The standard InChI is InChI=1S/C16H23N3O4S2/c1-10(2)9-17-15(20)11(3)24-16-18-13-8-12(6-7-14(13)23-16)25(21,22)19(4)5/h6-8,10-11H,9H2,1-5H3,(H,17,20)/t11-/m1/s1. The number of benzene rings is 1. The quantitative estimate of drug-likeness (QED) is 0.736. The van der Waals surface area contributed by atoms with Crippen LogP contribution >= 0.6 is 11.8 Å². The third-order valence-corrected chi connectivity index (χ3v) is 6.20. The lowest BCUT2D eigenvalue weighted by Crippen LogP contribution is -2.33. The van der Waals surface area contributed by atoms with E-state index < -0.39 is 10.0 Å². The number of hydrogen-bond acceptors (Lipinski definition) is 6. The molecule has 138 valence electrons. The molecule has 1 heterocycles. The van der Waals surface area contributed by atoms with E-state index in [4.69, 9.17) is 4.42 Å². The Morgan fingerprint density at radius 2 is 2.00 bits per heavy atom. The lowest BCUT2D eigenvalue weighted by Gasteiger charge is -2.11. The molecule has 0 saturated carbocycles. The fourth-order valence-corrected chi connectivity index (χ4v) is 3.66. The van der Waals surface area contributed by atoms with Crippen molar-refractivity contribution >= 4 is 38.8 Å². The SMILES string of the molecule is CC(C)CNC(=O)[C@@H](C)Sc1nc2cc(S(=O)(=O)N(C)C)ccc2o1. The van der Waals surface area contributed by atoms with Crippen LogP contribution in [0.15, 0.2) is 32.7 Å². The molecule has 25 heavy (non-hydrogen) atoms. The van der Waals surface area contributed by atoms with Gasteiger partial charge in [0.05, 0.1) is 10.1 Å². The summed E-state index contributed by atoms with van der Waals surface area (Å²) in [5, 5.41) is 2.83. The second-order valence-corrected chi connectivity index (χ2v) is 9.74. The summed E-state index contributed by atoms with van der Waals surface area (Å²) in [6, 6.07) is 4.53. The second-order valence-electron chi connectivity index (χ2n) is 6.30. The third-order valence-electron chi connectivity index (χ3n) is 3.45. The molecule has 1 N–H and O–H groups in total. The monoisotopic (exact) mass is 385 g/mol. The summed E-state index contributed by atoms with van der Waals surface area (Å²) in [6.45, 7) is 6.44. The molecule has 7 nitrogen and oxygen atoms in total. The van der Waals surface area contributed by atoms with Gasteiger partial charge < -0.3 is 9.73 Å². The highest BCUT2D eigenvalue weighted by Gasteiger charge is 2.21. The smallest absolute Gasteiger partial charge is 0.257 e. The van der Waals surface area contributed by atoms with E-state index >= 15 is 0 Å². The molecule has 2 rings (SSSR count). The third kappa shape index (κ3) is 4.74. The van der Waals surface area contributed by atoms with E-state index in [0.29, 0.717) is 28.8 Å². The number of thioether (sulfide) groups is 1. The first-order valence-corrected chi connectivity index (χ1v) is 10.2. The molecule has 0 spiro atoms. The van der Waals surface area contributed by atoms with Gasteiger partial charge in [0.25, 0.3) is 5.22 Å². The highest BCUT2D eigenvalue weighted by molar-refractivity contribution is 8.00. The molecular formula is C16H23N3O4S2. The molecule has 0 radical (unpaired) electrons. The maximum Gasteiger partial charge on any atom is 0.257 e. The highest BCUT2D eigenvalue weighted by atomic mass is 32.2. The normalized spacial score (nSPS) is 13.6. The fourth-order valence-electron chi connectivity index (χ4n) is 1.96. The Kier molecular flexibility index (Phi) is 6.12. The Labute approximate surface area is 152 Å². The lowest BCUT2D eigenvalue weighted by atomic mass is 10.2. The number of oxazole rings is 1. The van der Waals surface area contributed by atoms with E-state index in [-0.39, 0.29) is 16.1 Å². The number of fused-ring (bicyclic) bond motifs is 1. The van der Waals surface area contributed by atoms with Crippen LogP contribution in [0, 0.1) is 5.92 Å². The van der Waals surface area contributed by atoms with Crippen molar-refractivity contribution in [1.29, 1.82) is 0 Å². The molecule has 1 aromatic heterocycles. The summed E-state index contributed by atoms with van der Waals surface area (Å²) in [4.78, 5) is 16.5. The fraction of sp³-hybridized carbons (Fsp3) is 0.500. The van der Waals surface area contributed by atoms with Crippen molar-refractivity contribution < 1.29 is 17.6 Å². The summed E-state index contributed by atoms with van der Waals surface area (Å²) >= 11 is 1.20. The van der Waals surface area contributed by atoms with E-state index in [0.717, 1.165) is 4.31 Å². The zero-order valence-electron chi connectivity index (χ0n) is 14.9. The zero-order chi connectivity index (χ0) is 18.8. The van der Waals surface area contributed by atoms with Gasteiger partial charge in [-0.25, -0.2) is 17.7 Å². The van der Waals surface area contributed by atoms with Crippen molar-refractivity contribution in [3.05, 3.63) is 18.2 Å². The van der Waals surface area contributed by atoms with Gasteiger partial charge in [-0.15, -0.1) is 0 Å². The van der Waals surface area contributed by atoms with E-state index in [1.54, 1.807) is 13.0 Å². The van der Waals surface area contributed by atoms with Crippen molar-refractivity contribution in [3.63, 3.8) is 0 Å². The molecule has 9 heteroatoms. The van der Waals surface area contributed by atoms with Crippen LogP contribution in [0.25, 0.3) is 11.1 Å². The number of nitrogens with zero attached hydrogens (tertiary/aromatic N) is 2. The molecule has 1 aromatic carbocycles. The molecule has 0 fully saturated rings. The van der Waals surface area contributed by atoms with Gasteiger partial charge in [-0.1, -0.05) is 25.6 Å². The van der Waals surface area contributed by atoms with Gasteiger partial charge in [0, 0.05) is 20.6 Å². The first kappa shape index (κ1) is 19.7. The maximum absolute atomic E-state index is 12.2. The number of hydrogen-bond donors (Lipinski definition) is 1. The number of rotatable bonds is 7. The van der Waals surface area contributed by atoms with Gasteiger partial charge in [-0.2, -0.15) is 0 Å². The summed E-state index contributed by atoms with van der Waals surface area (Å²) < 4.78 is 31.1. The Balaban J connectivity index is 2.17. The van der Waals surface area contributed by atoms with Crippen molar-refractivity contribution in [3.8, 4) is 0 Å². The van der Waals surface area contributed by atoms with Gasteiger partial charge in [0.1, 0.15) is 5.52 Å². The van der Waals surface area contributed by atoms with Crippen LogP contribution in [0.1, 0.15) is 20.8 Å². The van der Waals surface area contributed by atoms with Crippen LogP contribution in [-0.2, 0) is 14.8 Å². The van der Waals surface area contributed by atoms with Crippen LogP contribution in [-0.4, -0.2) is 49.5 Å². The number of sulfonamides is 1. The first-order chi connectivity index (χ1) is 11.6. The Morgan fingerprint density at radius 3 is 2.60 bits per heavy atom. The van der Waals surface area contributed by atoms with Crippen molar-refractivity contribution in [2.45, 2.75) is 36.1 Å². The molecule has 2 aromatic rings. The van der Waals surface area contributed by atoms with Crippen molar-refractivity contribution in [2.75, 3.05) is 20.6 Å². The van der Waals surface area contributed by atoms with Crippen LogP contribution < -0.4 is 5.32 Å². The molecule has 0 aliphatic heterocycles. The minimum Gasteiger partial charge on any atom is -0.431 e. The first-order valence-electron chi connectivity index (χ1n) is 7.88. The lowest BCUT2D eigenvalue weighted by molar-refractivity contribution is -0.120. The summed E-state index contributed by atoms with van der Waals surface area (Å²) in [5.41, 5.74) is 0.926. The van der Waals surface area contributed by atoms with E-state index in [1.807, 2.05) is 13.8 Å². The minimum atomic E-state index is -3.53. The largest absolute Gasteiger partial charge is 0.431 e. The molecule has 0 aliphatic carbocycles. The van der Waals surface area contributed by atoms with Gasteiger partial charge in [0.2, 0.25) is 15.9 Å². The predicted molar refractivity (Wildman–Crippen MR) is 98.0 cm³/mol. The summed E-state index contributed by atoms with van der Waals surface area (Å²) in [5.74, 6) is 0.291. The topological polar surface area (TPSA) is 92.5 Å². The van der Waals surface area contributed by atoms with Gasteiger partial charge in [-0.05, 0) is 31.0 Å². The number of amides is 1. The number of aromatic nitrogens is 1. The average molecular weight is 386 g/mol. The molecule has 0 aliphatic rings. The Bertz CT molecular complexity index is 859. The molecule has 1 amide bonds. The Morgan fingerprint density at radius 1 is 1.32 bits per heavy atom. The van der Waals surface area contributed by atoms with E-state index in [1.165, 1.54) is 38.0 Å². The second kappa shape index (κ2) is 7.76. The predicted octanol–water partition coefficient (Wildman–Crippen LogP) is 2.33. The van der Waals surface area contributed by atoms with Crippen molar-refractivity contribution in [1.82, 2.24) is 14.6 Å². The molecule has 0 bridgehead atoms. The number of nitrogens with one attached hydrogen (secondary N) is 1. The number of carbonyl (C=O) groups excluding carboxylic acids is 1. The summed E-state index contributed by atoms with van der Waals surface area (Å²) in [7, 11) is -0.584. The minimum absolute atomic E-state index is 0.0863. The van der Waals surface area contributed by atoms with Gasteiger partial charge in [-0.3, -0.25) is 4.79 Å². The van der Waals surface area contributed by atoms with Gasteiger partial charge in [0.15, 0.2) is 5.58 Å². The molecule has 1 atom stereocenters. The van der Waals surface area contributed by atoms with E-state index in [2.05, 4.69) is 10.3 Å². The summed E-state index contributed by atoms with van der Waals surface area (Å²) in [6.07, 6.45) is 0. The van der Waals surface area contributed by atoms with Crippen LogP contribution in [0.3, 0.4) is 0 Å². The van der Waals surface area contributed by atoms with E-state index in [9.17, 15) is 13.2 Å². The molecule has 0 unspecified atom stereocenters. The molecular weight excluding hydrogens is 362 g/mol. The van der Waals surface area contributed by atoms with Crippen LogP contribution in [0.4, 0.5) is 0 Å². The Hall–Kier alpha value is -1.58. The highest BCUT2D eigenvalue weighted by Crippen LogP contribution is 2.28. The number of carbonyl (C=O) groups is 1. The average Bonchev–Trinajstić information content (AvgIpc) is 2.93. The molecule has 0 saturated heterocycles. The van der Waals surface area contributed by atoms with Crippen LogP contribution in [0.2, 0.25) is 0 Å². The van der Waals surface area contributed by atoms with Crippen LogP contribution in [0.5, 0.6) is 0 Å². The van der Waals surface area contributed by atoms with Gasteiger partial charge >= 0.3 is 0 Å².